The Balaban J connectivity index is 1.44. The number of amides is 1. The van der Waals surface area contributed by atoms with Gasteiger partial charge in [0.1, 0.15) is 0 Å². The van der Waals surface area contributed by atoms with Crippen molar-refractivity contribution in [3.63, 3.8) is 0 Å². The summed E-state index contributed by atoms with van der Waals surface area (Å²) in [6, 6.07) is 11.7. The van der Waals surface area contributed by atoms with E-state index < -0.39 is 0 Å². The van der Waals surface area contributed by atoms with Gasteiger partial charge >= 0.3 is 0 Å². The van der Waals surface area contributed by atoms with Crippen molar-refractivity contribution in [1.29, 1.82) is 0 Å². The Bertz CT molecular complexity index is 1230. The third-order valence-corrected chi connectivity index (χ3v) is 7.43. The van der Waals surface area contributed by atoms with Gasteiger partial charge in [-0.15, -0.1) is 0 Å². The van der Waals surface area contributed by atoms with Gasteiger partial charge in [0, 0.05) is 62.9 Å². The maximum atomic E-state index is 13.2. The van der Waals surface area contributed by atoms with Crippen LogP contribution in [0.5, 0.6) is 11.5 Å². The molecule has 2 fully saturated rings. The number of benzene rings is 2. The lowest BCUT2D eigenvalue weighted by Crippen LogP contribution is -2.51. The van der Waals surface area contributed by atoms with E-state index in [1.54, 1.807) is 7.11 Å². The molecule has 3 aliphatic rings. The number of methoxy groups -OCH3 is 1. The number of piperazine rings is 1. The summed E-state index contributed by atoms with van der Waals surface area (Å²) in [4.78, 5) is 29.1. The number of hydrogen-bond acceptors (Lipinski definition) is 6. The van der Waals surface area contributed by atoms with Crippen LogP contribution in [0.1, 0.15) is 39.9 Å². The molecule has 1 amide bonds. The third-order valence-electron chi connectivity index (χ3n) is 7.43. The summed E-state index contributed by atoms with van der Waals surface area (Å²) in [6.45, 7) is 7.34. The minimum Gasteiger partial charge on any atom is -0.493 e. The summed E-state index contributed by atoms with van der Waals surface area (Å²) >= 11 is 0. The zero-order valence-electron chi connectivity index (χ0n) is 22.9. The largest absolute Gasteiger partial charge is 0.493 e. The van der Waals surface area contributed by atoms with Gasteiger partial charge in [0.05, 0.1) is 38.7 Å². The summed E-state index contributed by atoms with van der Waals surface area (Å²) in [5.41, 5.74) is 4.54. The zero-order valence-corrected chi connectivity index (χ0v) is 22.9. The highest BCUT2D eigenvalue weighted by Gasteiger charge is 2.37. The van der Waals surface area contributed by atoms with Crippen molar-refractivity contribution in [3.8, 4) is 11.5 Å². The lowest BCUT2D eigenvalue weighted by atomic mass is 9.83. The summed E-state index contributed by atoms with van der Waals surface area (Å²) in [5.74, 6) is 2.04. The second-order valence-corrected chi connectivity index (χ2v) is 10.2. The van der Waals surface area contributed by atoms with Crippen molar-refractivity contribution in [2.75, 3.05) is 74.3 Å². The van der Waals surface area contributed by atoms with Crippen molar-refractivity contribution in [2.45, 2.75) is 18.9 Å². The molecule has 2 aromatic rings. The molecule has 0 aromatic heterocycles. The summed E-state index contributed by atoms with van der Waals surface area (Å²) in [6.07, 6.45) is 0. The van der Waals surface area contributed by atoms with E-state index in [1.165, 1.54) is 0 Å². The van der Waals surface area contributed by atoms with Crippen LogP contribution in [0, 0.1) is 0 Å². The fourth-order valence-corrected chi connectivity index (χ4v) is 5.33. The van der Waals surface area contributed by atoms with Crippen LogP contribution in [0.3, 0.4) is 0 Å². The molecule has 0 radical (unpaired) electrons. The third kappa shape index (κ3) is 5.13. The minimum atomic E-state index is -0.252. The van der Waals surface area contributed by atoms with Crippen LogP contribution in [0.15, 0.2) is 46.4 Å². The highest BCUT2D eigenvalue weighted by atomic mass is 16.5. The van der Waals surface area contributed by atoms with Crippen LogP contribution in [0.4, 0.5) is 0 Å². The number of rotatable bonds is 5. The topological polar surface area (TPSA) is 79.2 Å². The van der Waals surface area contributed by atoms with E-state index in [9.17, 15) is 4.79 Å². The molecule has 2 atom stereocenters. The predicted octanol–water partition coefficient (Wildman–Crippen LogP) is 2.73. The molecular formula is C29H37N5O4. The van der Waals surface area contributed by atoms with Gasteiger partial charge in [-0.1, -0.05) is 12.1 Å². The molecule has 0 saturated carbocycles. The first-order valence-electron chi connectivity index (χ1n) is 13.2. The molecule has 0 unspecified atom stereocenters. The minimum absolute atomic E-state index is 0.0533. The molecule has 0 spiro atoms. The number of hydrogen-bond donors (Lipinski definition) is 0. The smallest absolute Gasteiger partial charge is 0.280 e. The summed E-state index contributed by atoms with van der Waals surface area (Å²) in [5, 5.41) is 0. The van der Waals surface area contributed by atoms with Gasteiger partial charge in [0.2, 0.25) is 5.96 Å². The maximum Gasteiger partial charge on any atom is 0.280 e. The highest BCUT2D eigenvalue weighted by molar-refractivity contribution is 6.15. The Morgan fingerprint density at radius 2 is 1.84 bits per heavy atom. The van der Waals surface area contributed by atoms with Crippen LogP contribution in [-0.2, 0) is 4.74 Å². The highest BCUT2D eigenvalue weighted by Crippen LogP contribution is 2.42. The Kier molecular flexibility index (Phi) is 7.67. The molecule has 5 rings (SSSR count). The van der Waals surface area contributed by atoms with Crippen LogP contribution >= 0.6 is 0 Å². The number of guanidine groups is 1. The fourth-order valence-electron chi connectivity index (χ4n) is 5.33. The Labute approximate surface area is 224 Å². The van der Waals surface area contributed by atoms with Gasteiger partial charge in [0.15, 0.2) is 11.5 Å². The first-order valence-corrected chi connectivity index (χ1v) is 13.2. The fraction of sp³-hybridized carbons (Fsp3) is 0.483. The SMILES string of the molecule is CCOc1cc2c(cc1OC)C(c1ccc(C(=O)N=C(N(C)C)N3CCN(C)CC3)cc1)=N[C@@H]1COC[C@H]21. The normalized spacial score (nSPS) is 21.4. The van der Waals surface area contributed by atoms with Crippen LogP contribution in [0.25, 0.3) is 0 Å². The lowest BCUT2D eigenvalue weighted by molar-refractivity contribution is 0.0997. The van der Waals surface area contributed by atoms with Gasteiger partial charge in [-0.05, 0) is 43.8 Å². The number of aliphatic imine (C=N–C) groups is 2. The second kappa shape index (κ2) is 11.1. The van der Waals surface area contributed by atoms with E-state index in [-0.39, 0.29) is 17.9 Å². The Morgan fingerprint density at radius 3 is 2.50 bits per heavy atom. The van der Waals surface area contributed by atoms with Crippen LogP contribution < -0.4 is 9.47 Å². The molecular weight excluding hydrogens is 482 g/mol. The molecule has 9 heteroatoms. The molecule has 0 bridgehead atoms. The van der Waals surface area contributed by atoms with Crippen molar-refractivity contribution < 1.29 is 19.0 Å². The molecule has 38 heavy (non-hydrogen) atoms. The number of likely N-dealkylation sites (N-methyl/N-ethyl adjacent to an activating group) is 1. The molecule has 9 nitrogen and oxygen atoms in total. The monoisotopic (exact) mass is 519 g/mol. The van der Waals surface area contributed by atoms with E-state index in [0.717, 1.165) is 54.3 Å². The lowest BCUT2D eigenvalue weighted by Gasteiger charge is -2.36. The average Bonchev–Trinajstić information content (AvgIpc) is 3.40. The molecule has 202 valence electrons. The van der Waals surface area contributed by atoms with Gasteiger partial charge in [0.25, 0.3) is 5.91 Å². The number of fused-ring (bicyclic) bond motifs is 3. The number of carbonyl (C=O) groups is 1. The predicted molar refractivity (Wildman–Crippen MR) is 148 cm³/mol. The zero-order chi connectivity index (χ0) is 26.8. The molecule has 2 aromatic carbocycles. The number of carbonyl (C=O) groups excluding carboxylic acids is 1. The maximum absolute atomic E-state index is 13.2. The number of ether oxygens (including phenoxy) is 3. The van der Waals surface area contributed by atoms with E-state index in [4.69, 9.17) is 19.2 Å². The standard InChI is InChI=1S/C29H37N5O4/c1-6-38-26-15-21-22(16-25(26)36-5)27(30-24-18-37-17-23(21)24)19-7-9-20(10-8-19)28(35)31-29(32(2)3)34-13-11-33(4)12-14-34/h7-10,15-16,23-24H,6,11-14,17-18H2,1-5H3/t23-,24-/m1/s1. The summed E-state index contributed by atoms with van der Waals surface area (Å²) in [7, 11) is 7.62. The van der Waals surface area contributed by atoms with Crippen molar-refractivity contribution in [1.82, 2.24) is 14.7 Å². The quantitative estimate of drug-likeness (QED) is 0.444. The van der Waals surface area contributed by atoms with E-state index in [1.807, 2.05) is 56.3 Å². The van der Waals surface area contributed by atoms with Crippen LogP contribution in [0.2, 0.25) is 0 Å². The molecule has 2 saturated heterocycles. The summed E-state index contributed by atoms with van der Waals surface area (Å²) < 4.78 is 17.3. The molecule has 0 aliphatic carbocycles. The van der Waals surface area contributed by atoms with Crippen molar-refractivity contribution in [3.05, 3.63) is 58.7 Å². The van der Waals surface area contributed by atoms with Gasteiger partial charge in [-0.25, -0.2) is 0 Å². The molecule has 3 aliphatic heterocycles. The average molecular weight is 520 g/mol. The van der Waals surface area contributed by atoms with Gasteiger partial charge in [-0.2, -0.15) is 4.99 Å². The Morgan fingerprint density at radius 1 is 1.11 bits per heavy atom. The number of nitrogens with zero attached hydrogens (tertiary/aromatic N) is 5. The molecule has 0 N–H and O–H groups in total. The van der Waals surface area contributed by atoms with Crippen molar-refractivity contribution in [2.24, 2.45) is 9.98 Å². The van der Waals surface area contributed by atoms with Gasteiger partial charge in [-0.3, -0.25) is 9.79 Å². The van der Waals surface area contributed by atoms with Gasteiger partial charge < -0.3 is 28.9 Å². The van der Waals surface area contributed by atoms with E-state index in [2.05, 4.69) is 27.9 Å². The Hall–Kier alpha value is -3.43. The first-order chi connectivity index (χ1) is 18.4. The van der Waals surface area contributed by atoms with Crippen molar-refractivity contribution >= 4 is 17.6 Å². The van der Waals surface area contributed by atoms with Crippen LogP contribution in [-0.4, -0.2) is 113 Å². The van der Waals surface area contributed by atoms with E-state index >= 15 is 0 Å². The van der Waals surface area contributed by atoms with E-state index in [0.29, 0.717) is 37.1 Å². The second-order valence-electron chi connectivity index (χ2n) is 10.2. The molecule has 3 heterocycles. The first kappa shape index (κ1) is 26.2.